The molecule has 0 spiro atoms. The van der Waals surface area contributed by atoms with Gasteiger partial charge in [0.2, 0.25) is 0 Å². The SMILES string of the molecule is COc1ccc([C@@H]2CCC[C@H](CO)O2)cc1. The summed E-state index contributed by atoms with van der Waals surface area (Å²) in [5.74, 6) is 0.860. The van der Waals surface area contributed by atoms with E-state index in [4.69, 9.17) is 14.6 Å². The van der Waals surface area contributed by atoms with Crippen molar-refractivity contribution in [2.24, 2.45) is 0 Å². The number of rotatable bonds is 3. The maximum absolute atomic E-state index is 9.09. The molecule has 1 saturated heterocycles. The zero-order valence-corrected chi connectivity index (χ0v) is 9.56. The van der Waals surface area contributed by atoms with Crippen molar-refractivity contribution in [2.45, 2.75) is 31.5 Å². The standard InChI is InChI=1S/C13H18O3/c1-15-11-7-5-10(6-8-11)13-4-2-3-12(9-14)16-13/h5-8,12-14H,2-4,9H2,1H3/t12-,13+/m1/s1. The fourth-order valence-corrected chi connectivity index (χ4v) is 2.10. The Morgan fingerprint density at radius 1 is 1.31 bits per heavy atom. The largest absolute Gasteiger partial charge is 0.497 e. The molecule has 1 N–H and O–H groups in total. The molecule has 2 atom stereocenters. The van der Waals surface area contributed by atoms with Crippen molar-refractivity contribution in [3.05, 3.63) is 29.8 Å². The molecular formula is C13H18O3. The van der Waals surface area contributed by atoms with E-state index in [1.807, 2.05) is 24.3 Å². The van der Waals surface area contributed by atoms with Gasteiger partial charge in [-0.2, -0.15) is 0 Å². The molecular weight excluding hydrogens is 204 g/mol. The molecule has 3 nitrogen and oxygen atoms in total. The summed E-state index contributed by atoms with van der Waals surface area (Å²) in [5, 5.41) is 9.09. The maximum Gasteiger partial charge on any atom is 0.118 e. The lowest BCUT2D eigenvalue weighted by molar-refractivity contribution is -0.0737. The van der Waals surface area contributed by atoms with Gasteiger partial charge in [0.1, 0.15) is 5.75 Å². The van der Waals surface area contributed by atoms with Crippen molar-refractivity contribution < 1.29 is 14.6 Å². The molecule has 0 saturated carbocycles. The van der Waals surface area contributed by atoms with Crippen molar-refractivity contribution in [3.8, 4) is 5.75 Å². The summed E-state index contributed by atoms with van der Waals surface area (Å²) in [6.45, 7) is 0.118. The van der Waals surface area contributed by atoms with E-state index in [1.54, 1.807) is 7.11 Å². The monoisotopic (exact) mass is 222 g/mol. The molecule has 1 heterocycles. The van der Waals surface area contributed by atoms with E-state index >= 15 is 0 Å². The number of hydrogen-bond donors (Lipinski definition) is 1. The maximum atomic E-state index is 9.09. The van der Waals surface area contributed by atoms with E-state index in [2.05, 4.69) is 0 Å². The molecule has 3 heteroatoms. The van der Waals surface area contributed by atoms with Crippen LogP contribution >= 0.6 is 0 Å². The quantitative estimate of drug-likeness (QED) is 0.852. The van der Waals surface area contributed by atoms with Gasteiger partial charge in [-0.1, -0.05) is 12.1 Å². The summed E-state index contributed by atoms with van der Waals surface area (Å²) in [7, 11) is 1.66. The number of methoxy groups -OCH3 is 1. The second kappa shape index (κ2) is 5.32. The highest BCUT2D eigenvalue weighted by molar-refractivity contribution is 5.28. The Bertz CT molecular complexity index is 320. The molecule has 1 aromatic carbocycles. The lowest BCUT2D eigenvalue weighted by Gasteiger charge is -2.29. The molecule has 0 radical (unpaired) electrons. The Kier molecular flexibility index (Phi) is 3.80. The van der Waals surface area contributed by atoms with E-state index in [0.717, 1.165) is 25.0 Å². The first-order valence-corrected chi connectivity index (χ1v) is 5.73. The minimum absolute atomic E-state index is 0.000789. The average Bonchev–Trinajstić information content (AvgIpc) is 2.39. The molecule has 0 aromatic heterocycles. The molecule has 0 amide bonds. The van der Waals surface area contributed by atoms with Crippen molar-refractivity contribution >= 4 is 0 Å². The van der Waals surface area contributed by atoms with E-state index in [-0.39, 0.29) is 18.8 Å². The predicted octanol–water partition coefficient (Wildman–Crippen LogP) is 2.30. The Balaban J connectivity index is 2.05. The topological polar surface area (TPSA) is 38.7 Å². The first kappa shape index (κ1) is 11.4. The average molecular weight is 222 g/mol. The highest BCUT2D eigenvalue weighted by atomic mass is 16.5. The molecule has 1 aliphatic rings. The third kappa shape index (κ3) is 2.54. The number of hydrogen-bond acceptors (Lipinski definition) is 3. The van der Waals surface area contributed by atoms with Gasteiger partial charge in [-0.3, -0.25) is 0 Å². The summed E-state index contributed by atoms with van der Waals surface area (Å²) >= 11 is 0. The second-order valence-corrected chi connectivity index (χ2v) is 4.13. The lowest BCUT2D eigenvalue weighted by Crippen LogP contribution is -2.25. The summed E-state index contributed by atoms with van der Waals surface area (Å²) in [5.41, 5.74) is 1.17. The van der Waals surface area contributed by atoms with Crippen LogP contribution in [0.25, 0.3) is 0 Å². The fourth-order valence-electron chi connectivity index (χ4n) is 2.10. The third-order valence-corrected chi connectivity index (χ3v) is 3.04. The van der Waals surface area contributed by atoms with Crippen LogP contribution in [0.5, 0.6) is 5.75 Å². The molecule has 16 heavy (non-hydrogen) atoms. The van der Waals surface area contributed by atoms with Crippen LogP contribution in [0.2, 0.25) is 0 Å². The lowest BCUT2D eigenvalue weighted by atomic mass is 9.98. The Labute approximate surface area is 96.0 Å². The van der Waals surface area contributed by atoms with Gasteiger partial charge < -0.3 is 14.6 Å². The van der Waals surface area contributed by atoms with Crippen LogP contribution in [0.15, 0.2) is 24.3 Å². The molecule has 1 aromatic rings. The fraction of sp³-hybridized carbons (Fsp3) is 0.538. The van der Waals surface area contributed by atoms with Gasteiger partial charge >= 0.3 is 0 Å². The van der Waals surface area contributed by atoms with Gasteiger partial charge in [0, 0.05) is 0 Å². The van der Waals surface area contributed by atoms with Gasteiger partial charge in [0.25, 0.3) is 0 Å². The zero-order valence-electron chi connectivity index (χ0n) is 9.56. The number of aliphatic hydroxyl groups is 1. The molecule has 0 bridgehead atoms. The van der Waals surface area contributed by atoms with Crippen LogP contribution in [-0.2, 0) is 4.74 Å². The van der Waals surface area contributed by atoms with Crippen molar-refractivity contribution in [3.63, 3.8) is 0 Å². The highest BCUT2D eigenvalue weighted by Gasteiger charge is 2.22. The van der Waals surface area contributed by atoms with Crippen LogP contribution in [0.4, 0.5) is 0 Å². The summed E-state index contributed by atoms with van der Waals surface area (Å²) in [6, 6.07) is 7.95. The van der Waals surface area contributed by atoms with Crippen LogP contribution in [-0.4, -0.2) is 24.9 Å². The molecule has 88 valence electrons. The Morgan fingerprint density at radius 2 is 2.06 bits per heavy atom. The van der Waals surface area contributed by atoms with Gasteiger partial charge in [0.05, 0.1) is 25.9 Å². The Hall–Kier alpha value is -1.06. The van der Waals surface area contributed by atoms with E-state index < -0.39 is 0 Å². The molecule has 1 aliphatic heterocycles. The van der Waals surface area contributed by atoms with Gasteiger partial charge in [0.15, 0.2) is 0 Å². The summed E-state index contributed by atoms with van der Waals surface area (Å²) in [6.07, 6.45) is 3.23. The predicted molar refractivity (Wildman–Crippen MR) is 61.5 cm³/mol. The van der Waals surface area contributed by atoms with Crippen LogP contribution in [0, 0.1) is 0 Å². The minimum Gasteiger partial charge on any atom is -0.497 e. The normalized spacial score (nSPS) is 25.4. The molecule has 0 unspecified atom stereocenters. The van der Waals surface area contributed by atoms with Gasteiger partial charge in [-0.25, -0.2) is 0 Å². The van der Waals surface area contributed by atoms with E-state index in [9.17, 15) is 0 Å². The minimum atomic E-state index is 0.000789. The van der Waals surface area contributed by atoms with Crippen LogP contribution in [0.3, 0.4) is 0 Å². The van der Waals surface area contributed by atoms with Gasteiger partial charge in [-0.15, -0.1) is 0 Å². The smallest absolute Gasteiger partial charge is 0.118 e. The van der Waals surface area contributed by atoms with Crippen molar-refractivity contribution in [2.75, 3.05) is 13.7 Å². The highest BCUT2D eigenvalue weighted by Crippen LogP contribution is 2.31. The van der Waals surface area contributed by atoms with Crippen LogP contribution < -0.4 is 4.74 Å². The molecule has 0 aliphatic carbocycles. The Morgan fingerprint density at radius 3 is 2.69 bits per heavy atom. The summed E-state index contributed by atoms with van der Waals surface area (Å²) < 4.78 is 10.9. The number of benzene rings is 1. The first-order chi connectivity index (χ1) is 7.83. The molecule has 2 rings (SSSR count). The second-order valence-electron chi connectivity index (χ2n) is 4.13. The van der Waals surface area contributed by atoms with E-state index in [1.165, 1.54) is 5.56 Å². The van der Waals surface area contributed by atoms with Gasteiger partial charge in [-0.05, 0) is 37.0 Å². The van der Waals surface area contributed by atoms with Crippen LogP contribution in [0.1, 0.15) is 30.9 Å². The van der Waals surface area contributed by atoms with Crippen molar-refractivity contribution in [1.82, 2.24) is 0 Å². The third-order valence-electron chi connectivity index (χ3n) is 3.04. The summed E-state index contributed by atoms with van der Waals surface area (Å²) in [4.78, 5) is 0. The molecule has 1 fully saturated rings. The first-order valence-electron chi connectivity index (χ1n) is 5.73. The van der Waals surface area contributed by atoms with E-state index in [0.29, 0.717) is 0 Å². The number of aliphatic hydroxyl groups excluding tert-OH is 1. The zero-order chi connectivity index (χ0) is 11.4. The van der Waals surface area contributed by atoms with Crippen molar-refractivity contribution in [1.29, 1.82) is 0 Å². The number of ether oxygens (including phenoxy) is 2.